The molecule has 2 heterocycles. The first-order valence-corrected chi connectivity index (χ1v) is 12.3. The number of rotatable bonds is 9. The smallest absolute Gasteiger partial charge is 0.254 e. The summed E-state index contributed by atoms with van der Waals surface area (Å²) in [5.74, 6) is -0.585. The molecule has 0 saturated heterocycles. The summed E-state index contributed by atoms with van der Waals surface area (Å²) in [7, 11) is 1.55. The molecule has 3 amide bonds. The van der Waals surface area contributed by atoms with Crippen LogP contribution >= 0.6 is 11.3 Å². The van der Waals surface area contributed by atoms with Crippen molar-refractivity contribution < 1.29 is 19.1 Å². The highest BCUT2D eigenvalue weighted by atomic mass is 32.1. The lowest BCUT2D eigenvalue weighted by molar-refractivity contribution is -0.131. The van der Waals surface area contributed by atoms with E-state index in [9.17, 15) is 14.4 Å². The molecule has 1 aliphatic rings. The number of hydrogen-bond acceptors (Lipinski definition) is 6. The Morgan fingerprint density at radius 1 is 1.09 bits per heavy atom. The first-order chi connectivity index (χ1) is 17.0. The molecule has 1 N–H and O–H groups in total. The van der Waals surface area contributed by atoms with Gasteiger partial charge in [-0.2, -0.15) is 0 Å². The van der Waals surface area contributed by atoms with E-state index < -0.39 is 0 Å². The fraction of sp³-hybridized carbons (Fsp3) is 0.308. The predicted octanol–water partition coefficient (Wildman–Crippen LogP) is 3.00. The largest absolute Gasteiger partial charge is 0.383 e. The lowest BCUT2D eigenvalue weighted by Crippen LogP contribution is -2.40. The number of methoxy groups -OCH3 is 1. The van der Waals surface area contributed by atoms with E-state index in [2.05, 4.69) is 22.4 Å². The Bertz CT molecular complexity index is 1180. The van der Waals surface area contributed by atoms with Gasteiger partial charge in [-0.1, -0.05) is 42.5 Å². The van der Waals surface area contributed by atoms with Crippen molar-refractivity contribution in [2.75, 3.05) is 38.7 Å². The van der Waals surface area contributed by atoms with Crippen LogP contribution in [-0.4, -0.2) is 65.9 Å². The van der Waals surface area contributed by atoms with Crippen LogP contribution in [0.4, 0.5) is 5.13 Å². The zero-order valence-electron chi connectivity index (χ0n) is 19.6. The standard InChI is InChI=1S/C26H28N4O4S/c1-34-14-13-30(25(33)20-8-3-2-4-9-20)17-23(31)28-26-27-22(18-35-26)15-24(32)29-12-11-19-7-5-6-10-21(19)16-29/h2-10,18H,11-17H2,1H3,(H,27,28,31). The molecule has 1 aliphatic heterocycles. The summed E-state index contributed by atoms with van der Waals surface area (Å²) in [4.78, 5) is 46.0. The molecule has 4 rings (SSSR count). The SMILES string of the molecule is COCCN(CC(=O)Nc1nc(CC(=O)N2CCc3ccccc3C2)cs1)C(=O)c1ccccc1. The maximum Gasteiger partial charge on any atom is 0.254 e. The molecular weight excluding hydrogens is 464 g/mol. The van der Waals surface area contributed by atoms with Crippen molar-refractivity contribution in [3.63, 3.8) is 0 Å². The number of thiazole rings is 1. The van der Waals surface area contributed by atoms with E-state index in [0.717, 1.165) is 6.42 Å². The maximum atomic E-state index is 12.8. The van der Waals surface area contributed by atoms with Crippen LogP contribution in [0, 0.1) is 0 Å². The normalized spacial score (nSPS) is 12.7. The molecule has 8 nitrogen and oxygen atoms in total. The van der Waals surface area contributed by atoms with Crippen molar-refractivity contribution in [3.05, 3.63) is 82.4 Å². The van der Waals surface area contributed by atoms with E-state index in [1.165, 1.54) is 27.4 Å². The van der Waals surface area contributed by atoms with Gasteiger partial charge in [-0.05, 0) is 29.7 Å². The summed E-state index contributed by atoms with van der Waals surface area (Å²) in [5, 5.41) is 4.93. The number of amides is 3. The second kappa shape index (κ2) is 11.7. The quantitative estimate of drug-likeness (QED) is 0.496. The summed E-state index contributed by atoms with van der Waals surface area (Å²) in [5.41, 5.74) is 3.60. The summed E-state index contributed by atoms with van der Waals surface area (Å²) in [6.07, 6.45) is 1.03. The van der Waals surface area contributed by atoms with Gasteiger partial charge in [-0.3, -0.25) is 14.4 Å². The van der Waals surface area contributed by atoms with E-state index in [-0.39, 0.29) is 37.2 Å². The first kappa shape index (κ1) is 24.6. The van der Waals surface area contributed by atoms with Gasteiger partial charge in [-0.15, -0.1) is 11.3 Å². The summed E-state index contributed by atoms with van der Waals surface area (Å²) >= 11 is 1.26. The number of carbonyl (C=O) groups excluding carboxylic acids is 3. The van der Waals surface area contributed by atoms with Crippen LogP contribution < -0.4 is 5.32 Å². The monoisotopic (exact) mass is 492 g/mol. The van der Waals surface area contributed by atoms with Crippen LogP contribution in [-0.2, 0) is 33.7 Å². The molecule has 0 aliphatic carbocycles. The summed E-state index contributed by atoms with van der Waals surface area (Å²) in [6, 6.07) is 17.0. The molecule has 1 aromatic heterocycles. The van der Waals surface area contributed by atoms with Gasteiger partial charge in [0.05, 0.1) is 18.7 Å². The van der Waals surface area contributed by atoms with E-state index >= 15 is 0 Å². The van der Waals surface area contributed by atoms with Crippen molar-refractivity contribution in [1.82, 2.24) is 14.8 Å². The fourth-order valence-corrected chi connectivity index (χ4v) is 4.70. The molecule has 182 valence electrons. The summed E-state index contributed by atoms with van der Waals surface area (Å²) < 4.78 is 5.10. The van der Waals surface area contributed by atoms with Gasteiger partial charge in [0.25, 0.3) is 5.91 Å². The molecule has 0 saturated carbocycles. The van der Waals surface area contributed by atoms with Gasteiger partial charge in [0.15, 0.2) is 5.13 Å². The maximum absolute atomic E-state index is 12.8. The molecule has 3 aromatic rings. The van der Waals surface area contributed by atoms with Crippen molar-refractivity contribution in [3.8, 4) is 0 Å². The molecule has 0 bridgehead atoms. The third-order valence-corrected chi connectivity index (χ3v) is 6.63. The Balaban J connectivity index is 1.32. The number of carbonyl (C=O) groups is 3. The molecule has 0 unspecified atom stereocenters. The fourth-order valence-electron chi connectivity index (χ4n) is 3.97. The zero-order valence-corrected chi connectivity index (χ0v) is 20.4. The number of anilines is 1. The second-order valence-electron chi connectivity index (χ2n) is 8.29. The minimum absolute atomic E-state index is 0.0156. The van der Waals surface area contributed by atoms with Gasteiger partial charge < -0.3 is 19.9 Å². The van der Waals surface area contributed by atoms with Gasteiger partial charge >= 0.3 is 0 Å². The third-order valence-electron chi connectivity index (χ3n) is 5.82. The van der Waals surface area contributed by atoms with Crippen LogP contribution in [0.3, 0.4) is 0 Å². The lowest BCUT2D eigenvalue weighted by Gasteiger charge is -2.28. The lowest BCUT2D eigenvalue weighted by atomic mass is 10.00. The number of fused-ring (bicyclic) bond motifs is 1. The minimum atomic E-state index is -0.356. The molecule has 0 radical (unpaired) electrons. The van der Waals surface area contributed by atoms with Crippen LogP contribution in [0.25, 0.3) is 0 Å². The molecule has 0 spiro atoms. The zero-order chi connectivity index (χ0) is 24.6. The number of nitrogens with zero attached hydrogens (tertiary/aromatic N) is 3. The Morgan fingerprint density at radius 3 is 2.60 bits per heavy atom. The highest BCUT2D eigenvalue weighted by molar-refractivity contribution is 7.13. The van der Waals surface area contributed by atoms with Crippen molar-refractivity contribution in [1.29, 1.82) is 0 Å². The number of ether oxygens (including phenoxy) is 1. The van der Waals surface area contributed by atoms with Crippen LogP contribution in [0.15, 0.2) is 60.0 Å². The van der Waals surface area contributed by atoms with Crippen LogP contribution in [0.2, 0.25) is 0 Å². The first-order valence-electron chi connectivity index (χ1n) is 11.5. The number of nitrogens with one attached hydrogen (secondary N) is 1. The van der Waals surface area contributed by atoms with Gasteiger partial charge in [0.1, 0.15) is 6.54 Å². The molecule has 0 atom stereocenters. The molecule has 35 heavy (non-hydrogen) atoms. The highest BCUT2D eigenvalue weighted by Gasteiger charge is 2.22. The van der Waals surface area contributed by atoms with E-state index in [1.54, 1.807) is 36.8 Å². The van der Waals surface area contributed by atoms with Gasteiger partial charge in [0.2, 0.25) is 11.8 Å². The molecule has 2 aromatic carbocycles. The van der Waals surface area contributed by atoms with Crippen LogP contribution in [0.5, 0.6) is 0 Å². The highest BCUT2D eigenvalue weighted by Crippen LogP contribution is 2.21. The van der Waals surface area contributed by atoms with Crippen molar-refractivity contribution in [2.45, 2.75) is 19.4 Å². The number of benzene rings is 2. The van der Waals surface area contributed by atoms with Crippen molar-refractivity contribution in [2.24, 2.45) is 0 Å². The van der Waals surface area contributed by atoms with Gasteiger partial charge in [0, 0.05) is 37.7 Å². The van der Waals surface area contributed by atoms with E-state index in [1.807, 2.05) is 23.1 Å². The Hall–Kier alpha value is -3.56. The minimum Gasteiger partial charge on any atom is -0.383 e. The second-order valence-corrected chi connectivity index (χ2v) is 9.15. The van der Waals surface area contributed by atoms with E-state index in [4.69, 9.17) is 4.74 Å². The number of aromatic nitrogens is 1. The molecular formula is C26H28N4O4S. The van der Waals surface area contributed by atoms with Crippen LogP contribution in [0.1, 0.15) is 27.2 Å². The average molecular weight is 493 g/mol. The van der Waals surface area contributed by atoms with Gasteiger partial charge in [-0.25, -0.2) is 4.98 Å². The topological polar surface area (TPSA) is 91.8 Å². The molecule has 0 fully saturated rings. The Kier molecular flexibility index (Phi) is 8.23. The Labute approximate surface area is 208 Å². The average Bonchev–Trinajstić information content (AvgIpc) is 3.32. The third kappa shape index (κ3) is 6.52. The number of hydrogen-bond donors (Lipinski definition) is 1. The molecule has 9 heteroatoms. The van der Waals surface area contributed by atoms with E-state index in [0.29, 0.717) is 36.1 Å². The summed E-state index contributed by atoms with van der Waals surface area (Å²) in [6.45, 7) is 1.77. The Morgan fingerprint density at radius 2 is 1.83 bits per heavy atom. The predicted molar refractivity (Wildman–Crippen MR) is 134 cm³/mol. The van der Waals surface area contributed by atoms with Crippen molar-refractivity contribution >= 4 is 34.2 Å².